The second-order valence-electron chi connectivity index (χ2n) is 6.27. The zero-order chi connectivity index (χ0) is 13.7. The minimum absolute atomic E-state index is 0.0114. The Morgan fingerprint density at radius 1 is 1.26 bits per heavy atom. The first-order valence-corrected chi connectivity index (χ1v) is 7.78. The number of amides is 1. The molecule has 2 aliphatic carbocycles. The lowest BCUT2D eigenvalue weighted by Gasteiger charge is -2.39. The SMILES string of the molecule is CCC1CCC(CN)(OCC(=O)NCC2CC2)CC1. The molecule has 110 valence electrons. The van der Waals surface area contributed by atoms with Gasteiger partial charge in [0.2, 0.25) is 5.91 Å². The number of rotatable bonds is 7. The van der Waals surface area contributed by atoms with Crippen molar-refractivity contribution in [3.8, 4) is 0 Å². The van der Waals surface area contributed by atoms with Gasteiger partial charge in [-0.25, -0.2) is 0 Å². The summed E-state index contributed by atoms with van der Waals surface area (Å²) in [7, 11) is 0. The molecule has 1 amide bonds. The zero-order valence-corrected chi connectivity index (χ0v) is 12.1. The molecule has 0 aromatic rings. The van der Waals surface area contributed by atoms with E-state index in [-0.39, 0.29) is 18.1 Å². The Morgan fingerprint density at radius 2 is 1.95 bits per heavy atom. The molecular formula is C15H28N2O2. The number of nitrogens with one attached hydrogen (secondary N) is 1. The summed E-state index contributed by atoms with van der Waals surface area (Å²) in [6, 6.07) is 0. The number of carbonyl (C=O) groups is 1. The van der Waals surface area contributed by atoms with Crippen LogP contribution in [0.25, 0.3) is 0 Å². The van der Waals surface area contributed by atoms with Crippen LogP contribution in [0.2, 0.25) is 0 Å². The van der Waals surface area contributed by atoms with Gasteiger partial charge in [0, 0.05) is 13.1 Å². The van der Waals surface area contributed by atoms with Gasteiger partial charge in [0.25, 0.3) is 0 Å². The Morgan fingerprint density at radius 3 is 2.47 bits per heavy atom. The Hall–Kier alpha value is -0.610. The second kappa shape index (κ2) is 6.71. The first-order valence-electron chi connectivity index (χ1n) is 7.78. The molecule has 2 fully saturated rings. The molecule has 0 unspecified atom stereocenters. The molecule has 2 saturated carbocycles. The summed E-state index contributed by atoms with van der Waals surface area (Å²) >= 11 is 0. The maximum Gasteiger partial charge on any atom is 0.246 e. The van der Waals surface area contributed by atoms with Gasteiger partial charge in [-0.05, 0) is 50.4 Å². The van der Waals surface area contributed by atoms with E-state index >= 15 is 0 Å². The minimum Gasteiger partial charge on any atom is -0.364 e. The maximum atomic E-state index is 11.7. The van der Waals surface area contributed by atoms with Gasteiger partial charge in [-0.2, -0.15) is 0 Å². The summed E-state index contributed by atoms with van der Waals surface area (Å²) in [5.74, 6) is 1.54. The molecule has 4 nitrogen and oxygen atoms in total. The summed E-state index contributed by atoms with van der Waals surface area (Å²) in [6.45, 7) is 3.75. The van der Waals surface area contributed by atoms with E-state index in [4.69, 9.17) is 10.5 Å². The number of carbonyl (C=O) groups excluding carboxylic acids is 1. The van der Waals surface area contributed by atoms with Gasteiger partial charge in [0.05, 0.1) is 5.60 Å². The van der Waals surface area contributed by atoms with Crippen molar-refractivity contribution < 1.29 is 9.53 Å². The quantitative estimate of drug-likeness (QED) is 0.740. The van der Waals surface area contributed by atoms with E-state index in [0.29, 0.717) is 12.5 Å². The van der Waals surface area contributed by atoms with Crippen molar-refractivity contribution >= 4 is 5.91 Å². The van der Waals surface area contributed by atoms with Crippen LogP contribution < -0.4 is 11.1 Å². The van der Waals surface area contributed by atoms with Crippen molar-refractivity contribution in [1.82, 2.24) is 5.32 Å². The van der Waals surface area contributed by atoms with Crippen LogP contribution in [0.5, 0.6) is 0 Å². The summed E-state index contributed by atoms with van der Waals surface area (Å²) < 4.78 is 5.89. The van der Waals surface area contributed by atoms with Crippen LogP contribution >= 0.6 is 0 Å². The van der Waals surface area contributed by atoms with E-state index in [1.54, 1.807) is 0 Å². The minimum atomic E-state index is -0.247. The van der Waals surface area contributed by atoms with Crippen molar-refractivity contribution in [3.05, 3.63) is 0 Å². The molecular weight excluding hydrogens is 240 g/mol. The lowest BCUT2D eigenvalue weighted by Crippen LogP contribution is -2.46. The van der Waals surface area contributed by atoms with Crippen molar-refractivity contribution in [1.29, 1.82) is 0 Å². The van der Waals surface area contributed by atoms with E-state index in [1.807, 2.05) is 0 Å². The van der Waals surface area contributed by atoms with Crippen LogP contribution in [0.3, 0.4) is 0 Å². The topological polar surface area (TPSA) is 64.3 Å². The van der Waals surface area contributed by atoms with Crippen LogP contribution in [0.15, 0.2) is 0 Å². The van der Waals surface area contributed by atoms with Crippen LogP contribution in [0.4, 0.5) is 0 Å². The van der Waals surface area contributed by atoms with Gasteiger partial charge in [-0.15, -0.1) is 0 Å². The van der Waals surface area contributed by atoms with E-state index < -0.39 is 0 Å². The highest BCUT2D eigenvalue weighted by atomic mass is 16.5. The average Bonchev–Trinajstić information content (AvgIpc) is 3.27. The molecule has 0 aromatic carbocycles. The molecule has 3 N–H and O–H groups in total. The van der Waals surface area contributed by atoms with E-state index in [2.05, 4.69) is 12.2 Å². The number of ether oxygens (including phenoxy) is 1. The highest BCUT2D eigenvalue weighted by molar-refractivity contribution is 5.77. The lowest BCUT2D eigenvalue weighted by molar-refractivity contribution is -0.136. The van der Waals surface area contributed by atoms with E-state index in [0.717, 1.165) is 25.3 Å². The fourth-order valence-electron chi connectivity index (χ4n) is 2.87. The maximum absolute atomic E-state index is 11.7. The standard InChI is InChI=1S/C15H28N2O2/c1-2-12-5-7-15(11-16,8-6-12)19-10-14(18)17-9-13-3-4-13/h12-13H,2-11,16H2,1H3,(H,17,18). The van der Waals surface area contributed by atoms with Crippen molar-refractivity contribution in [3.63, 3.8) is 0 Å². The summed E-state index contributed by atoms with van der Waals surface area (Å²) in [6.07, 6.45) is 8.10. The van der Waals surface area contributed by atoms with Crippen LogP contribution in [-0.2, 0) is 9.53 Å². The number of nitrogens with two attached hydrogens (primary N) is 1. The Labute approximate surface area is 116 Å². The molecule has 2 rings (SSSR count). The second-order valence-corrected chi connectivity index (χ2v) is 6.27. The van der Waals surface area contributed by atoms with E-state index in [9.17, 15) is 4.79 Å². The molecule has 0 radical (unpaired) electrons. The first-order chi connectivity index (χ1) is 9.17. The lowest BCUT2D eigenvalue weighted by atomic mass is 9.77. The third kappa shape index (κ3) is 4.46. The molecule has 0 aromatic heterocycles. The molecule has 0 aliphatic heterocycles. The molecule has 0 saturated heterocycles. The highest BCUT2D eigenvalue weighted by Crippen LogP contribution is 2.35. The Balaban J connectivity index is 1.70. The van der Waals surface area contributed by atoms with Crippen LogP contribution in [0, 0.1) is 11.8 Å². The Kier molecular flexibility index (Phi) is 5.22. The van der Waals surface area contributed by atoms with Crippen molar-refractivity contribution in [2.45, 2.75) is 57.5 Å². The third-order valence-electron chi connectivity index (χ3n) is 4.76. The monoisotopic (exact) mass is 268 g/mol. The van der Waals surface area contributed by atoms with E-state index in [1.165, 1.54) is 32.1 Å². The normalized spacial score (nSPS) is 31.2. The van der Waals surface area contributed by atoms with Crippen LogP contribution in [0.1, 0.15) is 51.9 Å². The van der Waals surface area contributed by atoms with Gasteiger partial charge < -0.3 is 15.8 Å². The predicted molar refractivity (Wildman–Crippen MR) is 75.7 cm³/mol. The first kappa shape index (κ1) is 14.8. The fraction of sp³-hybridized carbons (Fsp3) is 0.933. The molecule has 0 heterocycles. The largest absolute Gasteiger partial charge is 0.364 e. The van der Waals surface area contributed by atoms with Gasteiger partial charge in [-0.1, -0.05) is 13.3 Å². The highest BCUT2D eigenvalue weighted by Gasteiger charge is 2.35. The zero-order valence-electron chi connectivity index (χ0n) is 12.1. The van der Waals surface area contributed by atoms with Gasteiger partial charge in [0.1, 0.15) is 6.61 Å². The molecule has 0 atom stereocenters. The van der Waals surface area contributed by atoms with Crippen molar-refractivity contribution in [2.24, 2.45) is 17.6 Å². The molecule has 4 heteroatoms. The summed E-state index contributed by atoms with van der Waals surface area (Å²) in [5, 5.41) is 2.94. The summed E-state index contributed by atoms with van der Waals surface area (Å²) in [5.41, 5.74) is 5.64. The van der Waals surface area contributed by atoms with Crippen LogP contribution in [-0.4, -0.2) is 31.2 Å². The predicted octanol–water partition coefficient (Wildman–Crippen LogP) is 1.83. The molecule has 19 heavy (non-hydrogen) atoms. The van der Waals surface area contributed by atoms with Gasteiger partial charge >= 0.3 is 0 Å². The fourth-order valence-corrected chi connectivity index (χ4v) is 2.87. The van der Waals surface area contributed by atoms with Crippen molar-refractivity contribution in [2.75, 3.05) is 19.7 Å². The smallest absolute Gasteiger partial charge is 0.246 e. The number of hydrogen-bond donors (Lipinski definition) is 2. The molecule has 0 spiro atoms. The third-order valence-corrected chi connectivity index (χ3v) is 4.76. The molecule has 2 aliphatic rings. The average molecular weight is 268 g/mol. The number of hydrogen-bond acceptors (Lipinski definition) is 3. The molecule has 0 bridgehead atoms. The Bertz CT molecular complexity index is 295. The van der Waals surface area contributed by atoms with Gasteiger partial charge in [-0.3, -0.25) is 4.79 Å². The van der Waals surface area contributed by atoms with Gasteiger partial charge in [0.15, 0.2) is 0 Å². The summed E-state index contributed by atoms with van der Waals surface area (Å²) in [4.78, 5) is 11.7.